The molecular weight excluding hydrogens is 464 g/mol. The van der Waals surface area contributed by atoms with E-state index in [-0.39, 0.29) is 5.91 Å². The number of imide groups is 1. The van der Waals surface area contributed by atoms with Crippen LogP contribution in [-0.4, -0.2) is 41.7 Å². The van der Waals surface area contributed by atoms with E-state index in [0.29, 0.717) is 29.9 Å². The number of urea groups is 1. The van der Waals surface area contributed by atoms with Crippen molar-refractivity contribution in [2.45, 2.75) is 25.3 Å². The van der Waals surface area contributed by atoms with Crippen LogP contribution < -0.4 is 15.5 Å². The predicted molar refractivity (Wildman–Crippen MR) is 118 cm³/mol. The number of amides is 5. The second kappa shape index (κ2) is 8.14. The SMILES string of the molecule is CC1(c2cccc(Br)c2)NC(=O)N(CC(=O)Nc2cccc(N3CCCC3=O)c2)C1=O. The third-order valence-electron chi connectivity index (χ3n) is 5.49. The highest BCUT2D eigenvalue weighted by Crippen LogP contribution is 2.30. The molecule has 8 nitrogen and oxygen atoms in total. The molecule has 4 rings (SSSR count). The van der Waals surface area contributed by atoms with E-state index in [1.165, 1.54) is 0 Å². The molecule has 0 aliphatic carbocycles. The van der Waals surface area contributed by atoms with Crippen LogP contribution in [0.5, 0.6) is 0 Å². The molecule has 2 heterocycles. The third kappa shape index (κ3) is 4.05. The van der Waals surface area contributed by atoms with Gasteiger partial charge in [-0.25, -0.2) is 4.79 Å². The monoisotopic (exact) mass is 484 g/mol. The first-order valence-electron chi connectivity index (χ1n) is 9.88. The third-order valence-corrected chi connectivity index (χ3v) is 5.99. The smallest absolute Gasteiger partial charge is 0.324 e. The van der Waals surface area contributed by atoms with Gasteiger partial charge in [-0.3, -0.25) is 19.3 Å². The van der Waals surface area contributed by atoms with Gasteiger partial charge in [0, 0.05) is 28.8 Å². The second-order valence-corrected chi connectivity index (χ2v) is 8.62. The Balaban J connectivity index is 1.46. The Kier molecular flexibility index (Phi) is 5.53. The van der Waals surface area contributed by atoms with Gasteiger partial charge in [0.25, 0.3) is 5.91 Å². The number of halogens is 1. The minimum atomic E-state index is -1.25. The van der Waals surface area contributed by atoms with E-state index in [1.807, 2.05) is 6.07 Å². The fourth-order valence-corrected chi connectivity index (χ4v) is 4.25. The summed E-state index contributed by atoms with van der Waals surface area (Å²) in [6, 6.07) is 13.4. The summed E-state index contributed by atoms with van der Waals surface area (Å²) >= 11 is 3.37. The molecule has 0 bridgehead atoms. The maximum Gasteiger partial charge on any atom is 0.325 e. The summed E-state index contributed by atoms with van der Waals surface area (Å²) in [6.45, 7) is 1.84. The number of nitrogens with zero attached hydrogens (tertiary/aromatic N) is 2. The fourth-order valence-electron chi connectivity index (χ4n) is 3.85. The maximum atomic E-state index is 13.0. The van der Waals surface area contributed by atoms with Gasteiger partial charge in [-0.15, -0.1) is 0 Å². The molecule has 2 aliphatic rings. The Labute approximate surface area is 187 Å². The van der Waals surface area contributed by atoms with Gasteiger partial charge in [-0.05, 0) is 49.2 Å². The van der Waals surface area contributed by atoms with Crippen molar-refractivity contribution >= 4 is 51.1 Å². The van der Waals surface area contributed by atoms with Gasteiger partial charge in [0.2, 0.25) is 11.8 Å². The Morgan fingerprint density at radius 3 is 2.65 bits per heavy atom. The molecule has 5 amide bonds. The molecule has 1 unspecified atom stereocenters. The molecule has 0 spiro atoms. The van der Waals surface area contributed by atoms with Gasteiger partial charge >= 0.3 is 6.03 Å². The first-order valence-corrected chi connectivity index (χ1v) is 10.7. The van der Waals surface area contributed by atoms with Gasteiger partial charge in [-0.1, -0.05) is 34.1 Å². The van der Waals surface area contributed by atoms with Crippen molar-refractivity contribution in [2.24, 2.45) is 0 Å². The van der Waals surface area contributed by atoms with E-state index in [2.05, 4.69) is 26.6 Å². The predicted octanol–water partition coefficient (Wildman–Crippen LogP) is 2.98. The Bertz CT molecular complexity index is 1090. The number of hydrogen-bond donors (Lipinski definition) is 2. The largest absolute Gasteiger partial charge is 0.325 e. The molecular formula is C22H21BrN4O4. The summed E-state index contributed by atoms with van der Waals surface area (Å²) < 4.78 is 0.779. The van der Waals surface area contributed by atoms with Crippen molar-refractivity contribution in [2.75, 3.05) is 23.3 Å². The first-order chi connectivity index (χ1) is 14.8. The molecule has 1 atom stereocenters. The van der Waals surface area contributed by atoms with Crippen LogP contribution in [-0.2, 0) is 19.9 Å². The zero-order chi connectivity index (χ0) is 22.2. The molecule has 2 N–H and O–H groups in total. The standard InChI is InChI=1S/C22H21BrN4O4/c1-22(14-5-2-6-15(23)11-14)20(30)27(21(31)25-22)13-18(28)24-16-7-3-8-17(12-16)26-10-4-9-19(26)29/h2-3,5-8,11-12H,4,9-10,13H2,1H3,(H,24,28)(H,25,31). The van der Waals surface area contributed by atoms with E-state index in [9.17, 15) is 19.2 Å². The molecule has 31 heavy (non-hydrogen) atoms. The molecule has 2 fully saturated rings. The van der Waals surface area contributed by atoms with Gasteiger partial charge in [0.05, 0.1) is 0 Å². The summed E-state index contributed by atoms with van der Waals surface area (Å²) in [7, 11) is 0. The number of anilines is 2. The van der Waals surface area contributed by atoms with Gasteiger partial charge in [0.1, 0.15) is 12.1 Å². The van der Waals surface area contributed by atoms with Crippen LogP contribution >= 0.6 is 15.9 Å². The van der Waals surface area contributed by atoms with Gasteiger partial charge in [-0.2, -0.15) is 0 Å². The average molecular weight is 485 g/mol. The van der Waals surface area contributed by atoms with Crippen molar-refractivity contribution in [3.8, 4) is 0 Å². The van der Waals surface area contributed by atoms with Crippen LogP contribution in [0.3, 0.4) is 0 Å². The summed E-state index contributed by atoms with van der Waals surface area (Å²) in [5.74, 6) is -0.955. The van der Waals surface area contributed by atoms with Crippen LogP contribution in [0.15, 0.2) is 53.0 Å². The summed E-state index contributed by atoms with van der Waals surface area (Å²) in [5.41, 5.74) is 0.560. The number of benzene rings is 2. The lowest BCUT2D eigenvalue weighted by Crippen LogP contribution is -2.42. The molecule has 2 aromatic rings. The number of rotatable bonds is 5. The zero-order valence-corrected chi connectivity index (χ0v) is 18.4. The molecule has 0 aromatic heterocycles. The first kappa shape index (κ1) is 21.0. The zero-order valence-electron chi connectivity index (χ0n) is 16.9. The fraction of sp³-hybridized carbons (Fsp3) is 0.273. The molecule has 9 heteroatoms. The van der Waals surface area contributed by atoms with Crippen molar-refractivity contribution in [1.29, 1.82) is 0 Å². The minimum Gasteiger partial charge on any atom is -0.324 e. The van der Waals surface area contributed by atoms with E-state index in [0.717, 1.165) is 15.8 Å². The molecule has 160 valence electrons. The second-order valence-electron chi connectivity index (χ2n) is 7.70. The van der Waals surface area contributed by atoms with Crippen molar-refractivity contribution in [3.63, 3.8) is 0 Å². The van der Waals surface area contributed by atoms with Gasteiger partial charge in [0.15, 0.2) is 0 Å². The number of nitrogens with one attached hydrogen (secondary N) is 2. The highest BCUT2D eigenvalue weighted by Gasteiger charge is 2.49. The van der Waals surface area contributed by atoms with Crippen LogP contribution in [0.1, 0.15) is 25.3 Å². The van der Waals surface area contributed by atoms with Crippen molar-refractivity contribution in [1.82, 2.24) is 10.2 Å². The lowest BCUT2D eigenvalue weighted by Gasteiger charge is -2.22. The topological polar surface area (TPSA) is 98.8 Å². The number of carbonyl (C=O) groups excluding carboxylic acids is 4. The Morgan fingerprint density at radius 2 is 1.94 bits per heavy atom. The lowest BCUT2D eigenvalue weighted by molar-refractivity contribution is -0.133. The van der Waals surface area contributed by atoms with E-state index in [4.69, 9.17) is 0 Å². The number of hydrogen-bond acceptors (Lipinski definition) is 4. The van der Waals surface area contributed by atoms with E-state index >= 15 is 0 Å². The Hall–Kier alpha value is -3.20. The molecule has 0 saturated carbocycles. The van der Waals surface area contributed by atoms with Crippen LogP contribution in [0.2, 0.25) is 0 Å². The van der Waals surface area contributed by atoms with Crippen molar-refractivity contribution < 1.29 is 19.2 Å². The molecule has 2 saturated heterocycles. The van der Waals surface area contributed by atoms with E-state index < -0.39 is 29.9 Å². The van der Waals surface area contributed by atoms with E-state index in [1.54, 1.807) is 54.3 Å². The van der Waals surface area contributed by atoms with Crippen LogP contribution in [0, 0.1) is 0 Å². The summed E-state index contributed by atoms with van der Waals surface area (Å²) in [5, 5.41) is 5.39. The highest BCUT2D eigenvalue weighted by molar-refractivity contribution is 9.10. The quantitative estimate of drug-likeness (QED) is 0.637. The van der Waals surface area contributed by atoms with Gasteiger partial charge < -0.3 is 15.5 Å². The summed E-state index contributed by atoms with van der Waals surface area (Å²) in [6.07, 6.45) is 1.32. The van der Waals surface area contributed by atoms with Crippen molar-refractivity contribution in [3.05, 3.63) is 58.6 Å². The van der Waals surface area contributed by atoms with Crippen LogP contribution in [0.4, 0.5) is 16.2 Å². The van der Waals surface area contributed by atoms with Crippen LogP contribution in [0.25, 0.3) is 0 Å². The average Bonchev–Trinajstić information content (AvgIpc) is 3.25. The number of carbonyl (C=O) groups is 4. The highest BCUT2D eigenvalue weighted by atomic mass is 79.9. The molecule has 0 radical (unpaired) electrons. The normalized spacial score (nSPS) is 20.9. The maximum absolute atomic E-state index is 13.0. The Morgan fingerprint density at radius 1 is 1.16 bits per heavy atom. The summed E-state index contributed by atoms with van der Waals surface area (Å²) in [4.78, 5) is 52.6. The molecule has 2 aromatic carbocycles. The minimum absolute atomic E-state index is 0.0506. The lowest BCUT2D eigenvalue weighted by atomic mass is 9.92. The molecule has 2 aliphatic heterocycles.